The van der Waals surface area contributed by atoms with E-state index in [4.69, 9.17) is 5.73 Å². The average molecular weight is 181 g/mol. The Bertz CT molecular complexity index is 323. The van der Waals surface area contributed by atoms with Crippen LogP contribution < -0.4 is 5.73 Å². The summed E-state index contributed by atoms with van der Waals surface area (Å²) < 4.78 is 12.8. The molecule has 0 bridgehead atoms. The highest BCUT2D eigenvalue weighted by molar-refractivity contribution is 5.35. The molecule has 1 aliphatic carbocycles. The molecule has 0 amide bonds. The smallest absolute Gasteiger partial charge is 0.123 e. The number of benzene rings is 1. The van der Waals surface area contributed by atoms with Crippen LogP contribution in [-0.2, 0) is 0 Å². The molecule has 1 aliphatic rings. The van der Waals surface area contributed by atoms with Gasteiger partial charge < -0.3 is 10.8 Å². The minimum atomic E-state index is -0.344. The van der Waals surface area contributed by atoms with E-state index in [1.165, 1.54) is 18.2 Å². The lowest BCUT2D eigenvalue weighted by Gasteiger charge is -2.12. The van der Waals surface area contributed by atoms with E-state index >= 15 is 0 Å². The summed E-state index contributed by atoms with van der Waals surface area (Å²) in [4.78, 5) is 0. The number of hydrogen-bond acceptors (Lipinski definition) is 2. The molecule has 1 saturated carbocycles. The van der Waals surface area contributed by atoms with Crippen LogP contribution in [0.3, 0.4) is 0 Å². The molecular weight excluding hydrogens is 169 g/mol. The SMILES string of the molecule is NC(c1cc(F)ccc1O)C1CC1. The number of phenols is 1. The van der Waals surface area contributed by atoms with E-state index in [0.717, 1.165) is 12.8 Å². The first-order valence-corrected chi connectivity index (χ1v) is 4.42. The number of hydrogen-bond donors (Lipinski definition) is 2. The van der Waals surface area contributed by atoms with Crippen LogP contribution in [0.1, 0.15) is 24.4 Å². The maximum Gasteiger partial charge on any atom is 0.123 e. The highest BCUT2D eigenvalue weighted by atomic mass is 19.1. The van der Waals surface area contributed by atoms with Gasteiger partial charge in [0.2, 0.25) is 0 Å². The molecule has 0 heterocycles. The van der Waals surface area contributed by atoms with Gasteiger partial charge in [0.25, 0.3) is 0 Å². The van der Waals surface area contributed by atoms with Crippen LogP contribution in [0.4, 0.5) is 4.39 Å². The standard InChI is InChI=1S/C10H12FNO/c11-7-3-4-9(13)8(5-7)10(12)6-1-2-6/h3-6,10,13H,1-2,12H2. The fraction of sp³-hybridized carbons (Fsp3) is 0.400. The maximum atomic E-state index is 12.8. The number of rotatable bonds is 2. The number of phenolic OH excluding ortho intramolecular Hbond substituents is 1. The normalized spacial score (nSPS) is 18.6. The third-order valence-electron chi connectivity index (χ3n) is 2.48. The molecular formula is C10H12FNO. The van der Waals surface area contributed by atoms with Gasteiger partial charge in [-0.1, -0.05) is 0 Å². The van der Waals surface area contributed by atoms with Crippen molar-refractivity contribution in [2.24, 2.45) is 11.7 Å². The van der Waals surface area contributed by atoms with Gasteiger partial charge in [-0.2, -0.15) is 0 Å². The molecule has 3 N–H and O–H groups in total. The lowest BCUT2D eigenvalue weighted by molar-refractivity contribution is 0.453. The summed E-state index contributed by atoms with van der Waals surface area (Å²) in [7, 11) is 0. The van der Waals surface area contributed by atoms with Crippen LogP contribution in [0.15, 0.2) is 18.2 Å². The molecule has 0 aromatic heterocycles. The minimum absolute atomic E-state index is 0.0980. The molecule has 0 saturated heterocycles. The topological polar surface area (TPSA) is 46.2 Å². The van der Waals surface area contributed by atoms with Gasteiger partial charge in [-0.05, 0) is 37.0 Å². The van der Waals surface area contributed by atoms with Crippen LogP contribution >= 0.6 is 0 Å². The molecule has 1 atom stereocenters. The van der Waals surface area contributed by atoms with E-state index < -0.39 is 0 Å². The second kappa shape index (κ2) is 3.00. The summed E-state index contributed by atoms with van der Waals surface area (Å²) >= 11 is 0. The first-order valence-electron chi connectivity index (χ1n) is 4.42. The molecule has 0 radical (unpaired) electrons. The van der Waals surface area contributed by atoms with Crippen molar-refractivity contribution in [1.29, 1.82) is 0 Å². The first kappa shape index (κ1) is 8.51. The van der Waals surface area contributed by atoms with E-state index in [-0.39, 0.29) is 17.6 Å². The molecule has 70 valence electrons. The second-order valence-electron chi connectivity index (χ2n) is 3.57. The van der Waals surface area contributed by atoms with E-state index in [0.29, 0.717) is 11.5 Å². The zero-order chi connectivity index (χ0) is 9.42. The molecule has 3 heteroatoms. The van der Waals surface area contributed by atoms with E-state index in [1.54, 1.807) is 0 Å². The van der Waals surface area contributed by atoms with Crippen molar-refractivity contribution >= 4 is 0 Å². The zero-order valence-corrected chi connectivity index (χ0v) is 7.20. The van der Waals surface area contributed by atoms with Gasteiger partial charge in [0, 0.05) is 11.6 Å². The Morgan fingerprint density at radius 3 is 2.77 bits per heavy atom. The van der Waals surface area contributed by atoms with Crippen molar-refractivity contribution in [3.8, 4) is 5.75 Å². The number of aromatic hydroxyl groups is 1. The average Bonchev–Trinajstić information content (AvgIpc) is 2.91. The molecule has 1 fully saturated rings. The van der Waals surface area contributed by atoms with Crippen LogP contribution in [0.5, 0.6) is 5.75 Å². The largest absolute Gasteiger partial charge is 0.508 e. The number of nitrogens with two attached hydrogens (primary N) is 1. The third kappa shape index (κ3) is 1.65. The second-order valence-corrected chi connectivity index (χ2v) is 3.57. The molecule has 0 spiro atoms. The zero-order valence-electron chi connectivity index (χ0n) is 7.20. The van der Waals surface area contributed by atoms with Crippen LogP contribution in [-0.4, -0.2) is 5.11 Å². The molecule has 1 unspecified atom stereocenters. The summed E-state index contributed by atoms with van der Waals surface area (Å²) in [5, 5.41) is 9.44. The Labute approximate surface area is 76.2 Å². The van der Waals surface area contributed by atoms with Crippen molar-refractivity contribution in [3.63, 3.8) is 0 Å². The highest BCUT2D eigenvalue weighted by Gasteiger charge is 2.31. The van der Waals surface area contributed by atoms with Crippen molar-refractivity contribution in [2.45, 2.75) is 18.9 Å². The summed E-state index contributed by atoms with van der Waals surface area (Å²) in [6.45, 7) is 0. The maximum absolute atomic E-state index is 12.8. The molecule has 13 heavy (non-hydrogen) atoms. The van der Waals surface area contributed by atoms with Gasteiger partial charge in [-0.15, -0.1) is 0 Å². The van der Waals surface area contributed by atoms with Crippen LogP contribution in [0, 0.1) is 11.7 Å². The number of halogens is 1. The van der Waals surface area contributed by atoms with Gasteiger partial charge in [-0.25, -0.2) is 4.39 Å². The summed E-state index contributed by atoms with van der Waals surface area (Å²) in [6, 6.07) is 3.69. The third-order valence-corrected chi connectivity index (χ3v) is 2.48. The predicted molar refractivity (Wildman–Crippen MR) is 47.7 cm³/mol. The van der Waals surface area contributed by atoms with Gasteiger partial charge in [-0.3, -0.25) is 0 Å². The Kier molecular flexibility index (Phi) is 1.96. The minimum Gasteiger partial charge on any atom is -0.508 e. The van der Waals surface area contributed by atoms with Gasteiger partial charge in [0.15, 0.2) is 0 Å². The van der Waals surface area contributed by atoms with Crippen molar-refractivity contribution in [3.05, 3.63) is 29.6 Å². The van der Waals surface area contributed by atoms with Crippen molar-refractivity contribution < 1.29 is 9.50 Å². The van der Waals surface area contributed by atoms with Gasteiger partial charge in [0.1, 0.15) is 11.6 Å². The monoisotopic (exact) mass is 181 g/mol. The van der Waals surface area contributed by atoms with Crippen LogP contribution in [0.2, 0.25) is 0 Å². The summed E-state index contributed by atoms with van der Waals surface area (Å²) in [6.07, 6.45) is 2.16. The van der Waals surface area contributed by atoms with Crippen molar-refractivity contribution in [1.82, 2.24) is 0 Å². The first-order chi connectivity index (χ1) is 6.18. The Hall–Kier alpha value is -1.09. The Balaban J connectivity index is 2.31. The quantitative estimate of drug-likeness (QED) is 0.732. The summed E-state index contributed by atoms with van der Waals surface area (Å²) in [5.41, 5.74) is 6.37. The Morgan fingerprint density at radius 1 is 1.46 bits per heavy atom. The van der Waals surface area contributed by atoms with E-state index in [9.17, 15) is 9.50 Å². The van der Waals surface area contributed by atoms with Gasteiger partial charge in [0.05, 0.1) is 0 Å². The Morgan fingerprint density at radius 2 is 2.15 bits per heavy atom. The summed E-state index contributed by atoms with van der Waals surface area (Å²) in [5.74, 6) is 0.178. The fourth-order valence-corrected chi connectivity index (χ4v) is 1.50. The van der Waals surface area contributed by atoms with E-state index in [2.05, 4.69) is 0 Å². The van der Waals surface area contributed by atoms with Crippen molar-refractivity contribution in [2.75, 3.05) is 0 Å². The molecule has 0 aliphatic heterocycles. The molecule has 1 aromatic carbocycles. The lowest BCUT2D eigenvalue weighted by atomic mass is 10.0. The fourth-order valence-electron chi connectivity index (χ4n) is 1.50. The highest BCUT2D eigenvalue weighted by Crippen LogP contribution is 2.41. The molecule has 2 nitrogen and oxygen atoms in total. The van der Waals surface area contributed by atoms with Gasteiger partial charge >= 0.3 is 0 Å². The van der Waals surface area contributed by atoms with Crippen LogP contribution in [0.25, 0.3) is 0 Å². The predicted octanol–water partition coefficient (Wildman–Crippen LogP) is 1.94. The molecule has 2 rings (SSSR count). The molecule has 1 aromatic rings. The van der Waals surface area contributed by atoms with E-state index in [1.807, 2.05) is 0 Å². The lowest BCUT2D eigenvalue weighted by Crippen LogP contribution is -2.12.